The monoisotopic (exact) mass is 203 g/mol. The quantitative estimate of drug-likeness (QED) is 0.742. The number of ether oxygens (including phenoxy) is 2. The molecule has 5 nitrogen and oxygen atoms in total. The van der Waals surface area contributed by atoms with E-state index in [1.807, 2.05) is 13.8 Å². The zero-order chi connectivity index (χ0) is 9.84. The fourth-order valence-corrected chi connectivity index (χ4v) is 0.814. The van der Waals surface area contributed by atoms with Gasteiger partial charge >= 0.3 is 12.0 Å². The Morgan fingerprint density at radius 2 is 1.77 bits per heavy atom. The van der Waals surface area contributed by atoms with E-state index in [4.69, 9.17) is 21.1 Å². The van der Waals surface area contributed by atoms with Crippen molar-refractivity contribution in [3.63, 3.8) is 0 Å². The zero-order valence-corrected chi connectivity index (χ0v) is 8.37. The molecular formula is C7H10ClN3O2. The van der Waals surface area contributed by atoms with E-state index < -0.39 is 0 Å². The molecule has 0 bridgehead atoms. The van der Waals surface area contributed by atoms with E-state index in [0.29, 0.717) is 0 Å². The van der Waals surface area contributed by atoms with Crippen LogP contribution in [0, 0.1) is 0 Å². The molecule has 0 aromatic carbocycles. The van der Waals surface area contributed by atoms with Crippen molar-refractivity contribution < 1.29 is 9.47 Å². The zero-order valence-electron chi connectivity index (χ0n) is 7.61. The van der Waals surface area contributed by atoms with Crippen LogP contribution in [0.25, 0.3) is 0 Å². The average Bonchev–Trinajstić information content (AvgIpc) is 2.01. The van der Waals surface area contributed by atoms with Gasteiger partial charge in [-0.2, -0.15) is 9.97 Å². The maximum absolute atomic E-state index is 5.59. The SMILES string of the molecule is COc1nc(Cl)nc(OC(C)C)n1. The molecule has 0 atom stereocenters. The molecule has 6 heteroatoms. The number of halogens is 1. The highest BCUT2D eigenvalue weighted by molar-refractivity contribution is 6.28. The van der Waals surface area contributed by atoms with Gasteiger partial charge < -0.3 is 9.47 Å². The van der Waals surface area contributed by atoms with Gasteiger partial charge in [-0.15, -0.1) is 4.98 Å². The smallest absolute Gasteiger partial charge is 0.324 e. The molecule has 1 rings (SSSR count). The molecule has 0 fully saturated rings. The largest absolute Gasteiger partial charge is 0.467 e. The average molecular weight is 204 g/mol. The predicted molar refractivity (Wildman–Crippen MR) is 47.2 cm³/mol. The normalized spacial score (nSPS) is 10.2. The van der Waals surface area contributed by atoms with Crippen LogP contribution in [0.4, 0.5) is 0 Å². The first kappa shape index (κ1) is 9.98. The van der Waals surface area contributed by atoms with E-state index in [-0.39, 0.29) is 23.4 Å². The Morgan fingerprint density at radius 3 is 2.31 bits per heavy atom. The molecule has 1 heterocycles. The van der Waals surface area contributed by atoms with Crippen molar-refractivity contribution in [1.29, 1.82) is 0 Å². The van der Waals surface area contributed by atoms with Gasteiger partial charge in [-0.1, -0.05) is 0 Å². The first-order valence-corrected chi connectivity index (χ1v) is 4.12. The molecular weight excluding hydrogens is 194 g/mol. The summed E-state index contributed by atoms with van der Waals surface area (Å²) in [4.78, 5) is 11.3. The number of aromatic nitrogens is 3. The number of methoxy groups -OCH3 is 1. The van der Waals surface area contributed by atoms with Gasteiger partial charge in [0.1, 0.15) is 0 Å². The first-order chi connectivity index (χ1) is 6.11. The van der Waals surface area contributed by atoms with Crippen molar-refractivity contribution >= 4 is 11.6 Å². The van der Waals surface area contributed by atoms with Gasteiger partial charge in [0.2, 0.25) is 5.28 Å². The van der Waals surface area contributed by atoms with Crippen LogP contribution in [0.5, 0.6) is 12.0 Å². The molecule has 0 saturated carbocycles. The molecule has 0 saturated heterocycles. The number of hydrogen-bond acceptors (Lipinski definition) is 5. The van der Waals surface area contributed by atoms with Crippen LogP contribution in [0.2, 0.25) is 5.28 Å². The highest BCUT2D eigenvalue weighted by atomic mass is 35.5. The lowest BCUT2D eigenvalue weighted by Crippen LogP contribution is -2.09. The Bertz CT molecular complexity index is 293. The molecule has 72 valence electrons. The maximum Gasteiger partial charge on any atom is 0.324 e. The third-order valence-electron chi connectivity index (χ3n) is 1.09. The van der Waals surface area contributed by atoms with Crippen molar-refractivity contribution in [3.05, 3.63) is 5.28 Å². The molecule has 0 radical (unpaired) electrons. The van der Waals surface area contributed by atoms with Crippen LogP contribution in [-0.4, -0.2) is 28.2 Å². The third kappa shape index (κ3) is 3.02. The van der Waals surface area contributed by atoms with Crippen LogP contribution in [-0.2, 0) is 0 Å². The summed E-state index contributed by atoms with van der Waals surface area (Å²) in [6, 6.07) is 0.322. The summed E-state index contributed by atoms with van der Waals surface area (Å²) in [5.41, 5.74) is 0. The van der Waals surface area contributed by atoms with Crippen molar-refractivity contribution in [2.75, 3.05) is 7.11 Å². The summed E-state index contributed by atoms with van der Waals surface area (Å²) in [5, 5.41) is 0.0579. The van der Waals surface area contributed by atoms with Gasteiger partial charge in [-0.3, -0.25) is 0 Å². The molecule has 0 aliphatic carbocycles. The number of rotatable bonds is 3. The van der Waals surface area contributed by atoms with Gasteiger partial charge in [-0.05, 0) is 25.4 Å². The second-order valence-electron chi connectivity index (χ2n) is 2.54. The predicted octanol–water partition coefficient (Wildman–Crippen LogP) is 1.32. The Balaban J connectivity index is 2.88. The van der Waals surface area contributed by atoms with Crippen molar-refractivity contribution in [1.82, 2.24) is 15.0 Å². The minimum atomic E-state index is -0.0110. The van der Waals surface area contributed by atoms with Crippen LogP contribution in [0.15, 0.2) is 0 Å². The van der Waals surface area contributed by atoms with Gasteiger partial charge in [-0.25, -0.2) is 0 Å². The molecule has 0 aliphatic heterocycles. The van der Waals surface area contributed by atoms with E-state index in [1.54, 1.807) is 0 Å². The molecule has 0 amide bonds. The van der Waals surface area contributed by atoms with Crippen LogP contribution < -0.4 is 9.47 Å². The van der Waals surface area contributed by atoms with E-state index >= 15 is 0 Å². The molecule has 0 N–H and O–H groups in total. The highest BCUT2D eigenvalue weighted by Crippen LogP contribution is 2.13. The maximum atomic E-state index is 5.59. The van der Waals surface area contributed by atoms with Gasteiger partial charge in [0.05, 0.1) is 13.2 Å². The van der Waals surface area contributed by atoms with Crippen LogP contribution >= 0.6 is 11.6 Å². The van der Waals surface area contributed by atoms with Gasteiger partial charge in [0, 0.05) is 0 Å². The fourth-order valence-electron chi connectivity index (χ4n) is 0.669. The Morgan fingerprint density at radius 1 is 1.15 bits per heavy atom. The topological polar surface area (TPSA) is 57.1 Å². The van der Waals surface area contributed by atoms with Crippen LogP contribution in [0.3, 0.4) is 0 Å². The van der Waals surface area contributed by atoms with Crippen molar-refractivity contribution in [2.45, 2.75) is 20.0 Å². The highest BCUT2D eigenvalue weighted by Gasteiger charge is 2.06. The second kappa shape index (κ2) is 4.23. The first-order valence-electron chi connectivity index (χ1n) is 3.74. The Labute approximate surface area is 81.1 Å². The standard InChI is InChI=1S/C7H10ClN3O2/c1-4(2)13-7-10-5(8)9-6(11-7)12-3/h4H,1-3H3. The Hall–Kier alpha value is -1.10. The summed E-state index contributed by atoms with van der Waals surface area (Å²) in [5.74, 6) is 0. The van der Waals surface area contributed by atoms with Crippen LogP contribution in [0.1, 0.15) is 13.8 Å². The minimum Gasteiger partial charge on any atom is -0.467 e. The lowest BCUT2D eigenvalue weighted by molar-refractivity contribution is 0.217. The van der Waals surface area contributed by atoms with Crippen molar-refractivity contribution in [3.8, 4) is 12.0 Å². The van der Waals surface area contributed by atoms with Gasteiger partial charge in [0.25, 0.3) is 0 Å². The summed E-state index contributed by atoms with van der Waals surface area (Å²) >= 11 is 5.59. The molecule has 13 heavy (non-hydrogen) atoms. The molecule has 0 unspecified atom stereocenters. The Kier molecular flexibility index (Phi) is 3.25. The summed E-state index contributed by atoms with van der Waals surface area (Å²) < 4.78 is 10.0. The molecule has 1 aromatic heterocycles. The number of nitrogens with zero attached hydrogens (tertiary/aromatic N) is 3. The van der Waals surface area contributed by atoms with Crippen molar-refractivity contribution in [2.24, 2.45) is 0 Å². The number of hydrogen-bond donors (Lipinski definition) is 0. The van der Waals surface area contributed by atoms with E-state index in [2.05, 4.69) is 15.0 Å². The lowest BCUT2D eigenvalue weighted by atomic mass is 10.5. The minimum absolute atomic E-state index is 0.0110. The summed E-state index contributed by atoms with van der Waals surface area (Å²) in [6.45, 7) is 3.73. The van der Waals surface area contributed by atoms with Gasteiger partial charge in [0.15, 0.2) is 0 Å². The van der Waals surface area contributed by atoms with E-state index in [0.717, 1.165) is 0 Å². The second-order valence-corrected chi connectivity index (χ2v) is 2.88. The fraction of sp³-hybridized carbons (Fsp3) is 0.571. The summed E-state index contributed by atoms with van der Waals surface area (Å²) in [7, 11) is 1.45. The molecule has 0 aliphatic rings. The van der Waals surface area contributed by atoms with E-state index in [1.165, 1.54) is 7.11 Å². The third-order valence-corrected chi connectivity index (χ3v) is 1.26. The molecule has 1 aromatic rings. The summed E-state index contributed by atoms with van der Waals surface area (Å²) in [6.07, 6.45) is -0.0110. The van der Waals surface area contributed by atoms with E-state index in [9.17, 15) is 0 Å². The lowest BCUT2D eigenvalue weighted by Gasteiger charge is -2.07. The molecule has 0 spiro atoms.